The zero-order chi connectivity index (χ0) is 15.8. The van der Waals surface area contributed by atoms with Crippen LogP contribution in [0.2, 0.25) is 5.02 Å². The standard InChI is InChI=1S/C16H15ClN2O3/c1-21-15-5-3-2-4-12(15)10-18-19-16(20)11-22-14-8-6-13(17)7-9-14/h2-10H,11H2,1H3,(H,19,20)/b18-10-. The van der Waals surface area contributed by atoms with Crippen LogP contribution in [-0.2, 0) is 4.79 Å². The largest absolute Gasteiger partial charge is 0.496 e. The van der Waals surface area contributed by atoms with Gasteiger partial charge in [-0.1, -0.05) is 23.7 Å². The van der Waals surface area contributed by atoms with Crippen molar-refractivity contribution in [3.8, 4) is 11.5 Å². The maximum atomic E-state index is 11.6. The molecule has 5 nitrogen and oxygen atoms in total. The second-order valence-electron chi connectivity index (χ2n) is 4.28. The number of ether oxygens (including phenoxy) is 2. The monoisotopic (exact) mass is 318 g/mol. The van der Waals surface area contributed by atoms with Crippen LogP contribution in [0.25, 0.3) is 0 Å². The molecule has 1 N–H and O–H groups in total. The number of benzene rings is 2. The number of amides is 1. The number of nitrogens with zero attached hydrogens (tertiary/aromatic N) is 1. The Kier molecular flexibility index (Phi) is 5.80. The molecule has 0 aliphatic carbocycles. The molecule has 0 spiro atoms. The number of para-hydroxylation sites is 1. The molecule has 0 unspecified atom stereocenters. The molecule has 0 aliphatic rings. The van der Waals surface area contributed by atoms with E-state index in [2.05, 4.69) is 10.5 Å². The van der Waals surface area contributed by atoms with Gasteiger partial charge in [0.25, 0.3) is 5.91 Å². The first-order valence-corrected chi connectivity index (χ1v) is 6.90. The number of hydrazone groups is 1. The Morgan fingerprint density at radius 3 is 2.68 bits per heavy atom. The Labute approximate surface area is 133 Å². The Morgan fingerprint density at radius 2 is 1.95 bits per heavy atom. The second-order valence-corrected chi connectivity index (χ2v) is 4.71. The van der Waals surface area contributed by atoms with E-state index in [1.54, 1.807) is 31.4 Å². The minimum absolute atomic E-state index is 0.134. The molecule has 22 heavy (non-hydrogen) atoms. The van der Waals surface area contributed by atoms with Gasteiger partial charge in [-0.2, -0.15) is 5.10 Å². The summed E-state index contributed by atoms with van der Waals surface area (Å²) in [5, 5.41) is 4.48. The first-order valence-electron chi connectivity index (χ1n) is 6.52. The van der Waals surface area contributed by atoms with E-state index in [0.717, 1.165) is 5.56 Å². The quantitative estimate of drug-likeness (QED) is 0.658. The van der Waals surface area contributed by atoms with Crippen molar-refractivity contribution in [1.29, 1.82) is 0 Å². The molecule has 2 rings (SSSR count). The summed E-state index contributed by atoms with van der Waals surface area (Å²) < 4.78 is 10.5. The van der Waals surface area contributed by atoms with Crippen molar-refractivity contribution in [2.24, 2.45) is 5.10 Å². The summed E-state index contributed by atoms with van der Waals surface area (Å²) in [4.78, 5) is 11.6. The highest BCUT2D eigenvalue weighted by Gasteiger charge is 2.02. The lowest BCUT2D eigenvalue weighted by Gasteiger charge is -2.05. The predicted molar refractivity (Wildman–Crippen MR) is 85.7 cm³/mol. The third-order valence-electron chi connectivity index (χ3n) is 2.72. The minimum atomic E-state index is -0.360. The Balaban J connectivity index is 1.82. The van der Waals surface area contributed by atoms with Gasteiger partial charge in [0.2, 0.25) is 0 Å². The van der Waals surface area contributed by atoms with Gasteiger partial charge in [0, 0.05) is 10.6 Å². The molecule has 0 bridgehead atoms. The van der Waals surface area contributed by atoms with Crippen molar-refractivity contribution in [3.63, 3.8) is 0 Å². The molecule has 0 aromatic heterocycles. The van der Waals surface area contributed by atoms with Gasteiger partial charge in [-0.3, -0.25) is 4.79 Å². The van der Waals surface area contributed by atoms with Gasteiger partial charge in [-0.15, -0.1) is 0 Å². The lowest BCUT2D eigenvalue weighted by atomic mass is 10.2. The van der Waals surface area contributed by atoms with E-state index in [-0.39, 0.29) is 12.5 Å². The smallest absolute Gasteiger partial charge is 0.277 e. The molecule has 114 valence electrons. The van der Waals surface area contributed by atoms with Crippen LogP contribution in [0.15, 0.2) is 53.6 Å². The minimum Gasteiger partial charge on any atom is -0.496 e. The molecule has 0 atom stereocenters. The number of methoxy groups -OCH3 is 1. The highest BCUT2D eigenvalue weighted by atomic mass is 35.5. The van der Waals surface area contributed by atoms with Crippen molar-refractivity contribution in [1.82, 2.24) is 5.43 Å². The first-order chi connectivity index (χ1) is 10.7. The third kappa shape index (κ3) is 4.79. The number of nitrogens with one attached hydrogen (secondary N) is 1. The van der Waals surface area contributed by atoms with Gasteiger partial charge in [0.15, 0.2) is 6.61 Å². The summed E-state index contributed by atoms with van der Waals surface area (Å²) in [5.74, 6) is 0.882. The van der Waals surface area contributed by atoms with Crippen LogP contribution in [0.1, 0.15) is 5.56 Å². The van der Waals surface area contributed by atoms with Crippen LogP contribution in [-0.4, -0.2) is 25.8 Å². The Morgan fingerprint density at radius 1 is 1.23 bits per heavy atom. The van der Waals surface area contributed by atoms with E-state index < -0.39 is 0 Å². The van der Waals surface area contributed by atoms with Crippen molar-refractivity contribution in [2.75, 3.05) is 13.7 Å². The maximum Gasteiger partial charge on any atom is 0.277 e. The highest BCUT2D eigenvalue weighted by molar-refractivity contribution is 6.30. The normalized spacial score (nSPS) is 10.5. The average molecular weight is 319 g/mol. The first kappa shape index (κ1) is 15.9. The molecule has 0 heterocycles. The molecule has 0 radical (unpaired) electrons. The molecule has 0 fully saturated rings. The van der Waals surface area contributed by atoms with Crippen LogP contribution >= 0.6 is 11.6 Å². The van der Waals surface area contributed by atoms with E-state index in [4.69, 9.17) is 21.1 Å². The van der Waals surface area contributed by atoms with Gasteiger partial charge in [-0.25, -0.2) is 5.43 Å². The zero-order valence-electron chi connectivity index (χ0n) is 12.0. The molecule has 0 aliphatic heterocycles. The number of rotatable bonds is 6. The lowest BCUT2D eigenvalue weighted by Crippen LogP contribution is -2.24. The van der Waals surface area contributed by atoms with E-state index in [9.17, 15) is 4.79 Å². The van der Waals surface area contributed by atoms with Crippen LogP contribution in [0.5, 0.6) is 11.5 Å². The fourth-order valence-corrected chi connectivity index (χ4v) is 1.78. The number of carbonyl (C=O) groups is 1. The molecule has 6 heteroatoms. The number of hydrogen-bond acceptors (Lipinski definition) is 4. The van der Waals surface area contributed by atoms with Crippen LogP contribution < -0.4 is 14.9 Å². The highest BCUT2D eigenvalue weighted by Crippen LogP contribution is 2.15. The summed E-state index contributed by atoms with van der Waals surface area (Å²) in [6.07, 6.45) is 1.51. The fourth-order valence-electron chi connectivity index (χ4n) is 1.66. The number of halogens is 1. The Bertz CT molecular complexity index is 657. The SMILES string of the molecule is COc1ccccc1/C=N\NC(=O)COc1ccc(Cl)cc1. The van der Waals surface area contributed by atoms with Crippen molar-refractivity contribution >= 4 is 23.7 Å². The fraction of sp³-hybridized carbons (Fsp3) is 0.125. The van der Waals surface area contributed by atoms with E-state index >= 15 is 0 Å². The topological polar surface area (TPSA) is 59.9 Å². The summed E-state index contributed by atoms with van der Waals surface area (Å²) >= 11 is 5.76. The summed E-state index contributed by atoms with van der Waals surface area (Å²) in [6, 6.07) is 14.1. The average Bonchev–Trinajstić information content (AvgIpc) is 2.55. The lowest BCUT2D eigenvalue weighted by molar-refractivity contribution is -0.123. The van der Waals surface area contributed by atoms with Crippen LogP contribution in [0.3, 0.4) is 0 Å². The van der Waals surface area contributed by atoms with Crippen molar-refractivity contribution < 1.29 is 14.3 Å². The summed E-state index contributed by atoms with van der Waals surface area (Å²) in [7, 11) is 1.57. The summed E-state index contributed by atoms with van der Waals surface area (Å²) in [6.45, 7) is -0.134. The Hall–Kier alpha value is -2.53. The maximum absolute atomic E-state index is 11.6. The van der Waals surface area contributed by atoms with Crippen LogP contribution in [0, 0.1) is 0 Å². The van der Waals surface area contributed by atoms with Crippen molar-refractivity contribution in [3.05, 3.63) is 59.1 Å². The summed E-state index contributed by atoms with van der Waals surface area (Å²) in [5.41, 5.74) is 3.16. The molecule has 0 saturated heterocycles. The van der Waals surface area contributed by atoms with E-state index in [0.29, 0.717) is 16.5 Å². The van der Waals surface area contributed by atoms with E-state index in [1.807, 2.05) is 24.3 Å². The predicted octanol–water partition coefficient (Wildman–Crippen LogP) is 2.88. The van der Waals surface area contributed by atoms with Crippen LogP contribution in [0.4, 0.5) is 0 Å². The van der Waals surface area contributed by atoms with E-state index in [1.165, 1.54) is 6.21 Å². The molecule has 0 saturated carbocycles. The molecule has 1 amide bonds. The van der Waals surface area contributed by atoms with Gasteiger partial charge >= 0.3 is 0 Å². The molecule has 2 aromatic rings. The second kappa shape index (κ2) is 8.05. The number of carbonyl (C=O) groups excluding carboxylic acids is 1. The molecular formula is C16H15ClN2O3. The third-order valence-corrected chi connectivity index (χ3v) is 2.97. The number of hydrogen-bond donors (Lipinski definition) is 1. The van der Waals surface area contributed by atoms with Gasteiger partial charge in [0.1, 0.15) is 11.5 Å². The zero-order valence-corrected chi connectivity index (χ0v) is 12.7. The van der Waals surface area contributed by atoms with Gasteiger partial charge < -0.3 is 9.47 Å². The molecule has 2 aromatic carbocycles. The van der Waals surface area contributed by atoms with Gasteiger partial charge in [0.05, 0.1) is 13.3 Å². The molecular weight excluding hydrogens is 304 g/mol. The van der Waals surface area contributed by atoms with Gasteiger partial charge in [-0.05, 0) is 36.4 Å². The van der Waals surface area contributed by atoms with Crippen molar-refractivity contribution in [2.45, 2.75) is 0 Å².